The van der Waals surface area contributed by atoms with E-state index in [1.165, 1.54) is 4.88 Å². The third-order valence-corrected chi connectivity index (χ3v) is 3.55. The maximum absolute atomic E-state index is 5.29. The molecule has 4 nitrogen and oxygen atoms in total. The molecule has 0 spiro atoms. The summed E-state index contributed by atoms with van der Waals surface area (Å²) in [7, 11) is 0. The van der Waals surface area contributed by atoms with Crippen molar-refractivity contribution in [3.05, 3.63) is 34.4 Å². The molecule has 2 rings (SSSR count). The van der Waals surface area contributed by atoms with E-state index in [1.54, 1.807) is 17.5 Å². The Balaban J connectivity index is 1.81. The van der Waals surface area contributed by atoms with Crippen molar-refractivity contribution in [2.45, 2.75) is 20.3 Å². The molecule has 2 heterocycles. The van der Waals surface area contributed by atoms with Gasteiger partial charge in [0, 0.05) is 23.9 Å². The second-order valence-electron chi connectivity index (χ2n) is 3.86. The number of hydrogen-bond donors (Lipinski definition) is 1. The summed E-state index contributed by atoms with van der Waals surface area (Å²) in [6.07, 6.45) is 2.79. The maximum atomic E-state index is 5.29. The van der Waals surface area contributed by atoms with Crippen LogP contribution in [-0.4, -0.2) is 23.1 Å². The lowest BCUT2D eigenvalue weighted by Crippen LogP contribution is -2.05. The maximum Gasteiger partial charge on any atom is 0.213 e. The zero-order chi connectivity index (χ0) is 12.8. The van der Waals surface area contributed by atoms with Crippen LogP contribution >= 0.6 is 11.3 Å². The number of hydrogen-bond acceptors (Lipinski definition) is 5. The first-order valence-electron chi connectivity index (χ1n) is 6.01. The standard InChI is InChI=1S/C13H17N3OS/c1-3-17-13-5-4-11(8-15-13)14-7-6-12-10(2)16-9-18-12/h4-5,8-9,14H,3,6-7H2,1-2H3. The van der Waals surface area contributed by atoms with Crippen LogP contribution in [0.4, 0.5) is 5.69 Å². The molecule has 0 fully saturated rings. The van der Waals surface area contributed by atoms with Crippen molar-refractivity contribution in [1.29, 1.82) is 0 Å². The van der Waals surface area contributed by atoms with Gasteiger partial charge < -0.3 is 10.1 Å². The molecule has 0 saturated heterocycles. The van der Waals surface area contributed by atoms with Gasteiger partial charge in [-0.15, -0.1) is 11.3 Å². The fraction of sp³-hybridized carbons (Fsp3) is 0.385. The summed E-state index contributed by atoms with van der Waals surface area (Å²) in [6, 6.07) is 3.86. The lowest BCUT2D eigenvalue weighted by molar-refractivity contribution is 0.327. The molecule has 2 aromatic heterocycles. The molecule has 0 aromatic carbocycles. The van der Waals surface area contributed by atoms with Crippen molar-refractivity contribution in [2.24, 2.45) is 0 Å². The van der Waals surface area contributed by atoms with E-state index in [9.17, 15) is 0 Å². The number of aromatic nitrogens is 2. The topological polar surface area (TPSA) is 47.0 Å². The van der Waals surface area contributed by atoms with E-state index < -0.39 is 0 Å². The molecule has 0 aliphatic carbocycles. The highest BCUT2D eigenvalue weighted by molar-refractivity contribution is 7.09. The van der Waals surface area contributed by atoms with Crippen LogP contribution in [-0.2, 0) is 6.42 Å². The lowest BCUT2D eigenvalue weighted by Gasteiger charge is -2.06. The Kier molecular flexibility index (Phi) is 4.52. The predicted molar refractivity (Wildman–Crippen MR) is 74.5 cm³/mol. The Bertz CT molecular complexity index is 481. The van der Waals surface area contributed by atoms with E-state index in [-0.39, 0.29) is 0 Å². The second kappa shape index (κ2) is 6.35. The number of ether oxygens (including phenoxy) is 1. The zero-order valence-electron chi connectivity index (χ0n) is 10.6. The van der Waals surface area contributed by atoms with Gasteiger partial charge in [0.2, 0.25) is 5.88 Å². The molecular weight excluding hydrogens is 246 g/mol. The molecule has 0 aliphatic heterocycles. The quantitative estimate of drug-likeness (QED) is 0.870. The van der Waals surface area contributed by atoms with Crippen LogP contribution in [0.25, 0.3) is 0 Å². The molecule has 18 heavy (non-hydrogen) atoms. The number of anilines is 1. The van der Waals surface area contributed by atoms with Gasteiger partial charge in [-0.25, -0.2) is 9.97 Å². The van der Waals surface area contributed by atoms with Crippen LogP contribution in [0, 0.1) is 6.92 Å². The smallest absolute Gasteiger partial charge is 0.213 e. The van der Waals surface area contributed by atoms with E-state index >= 15 is 0 Å². The minimum Gasteiger partial charge on any atom is -0.478 e. The predicted octanol–water partition coefficient (Wildman–Crippen LogP) is 2.90. The van der Waals surface area contributed by atoms with Crippen LogP contribution in [0.2, 0.25) is 0 Å². The van der Waals surface area contributed by atoms with Crippen molar-refractivity contribution in [3.63, 3.8) is 0 Å². The summed E-state index contributed by atoms with van der Waals surface area (Å²) in [5, 5.41) is 3.34. The number of aryl methyl sites for hydroxylation is 1. The first-order valence-corrected chi connectivity index (χ1v) is 6.89. The Hall–Kier alpha value is -1.62. The minimum absolute atomic E-state index is 0.643. The summed E-state index contributed by atoms with van der Waals surface area (Å²) in [4.78, 5) is 9.78. The first kappa shape index (κ1) is 12.8. The van der Waals surface area contributed by atoms with Gasteiger partial charge >= 0.3 is 0 Å². The fourth-order valence-corrected chi connectivity index (χ4v) is 2.39. The zero-order valence-corrected chi connectivity index (χ0v) is 11.5. The summed E-state index contributed by atoms with van der Waals surface area (Å²) >= 11 is 1.71. The van der Waals surface area contributed by atoms with Gasteiger partial charge in [0.25, 0.3) is 0 Å². The van der Waals surface area contributed by atoms with Gasteiger partial charge in [0.15, 0.2) is 0 Å². The van der Waals surface area contributed by atoms with E-state index in [4.69, 9.17) is 4.74 Å². The molecule has 0 amide bonds. The third-order valence-electron chi connectivity index (χ3n) is 2.55. The van der Waals surface area contributed by atoms with Gasteiger partial charge in [-0.2, -0.15) is 0 Å². The molecule has 0 atom stereocenters. The van der Waals surface area contributed by atoms with Gasteiger partial charge in [-0.05, 0) is 19.9 Å². The molecular formula is C13H17N3OS. The number of thiazole rings is 1. The third kappa shape index (κ3) is 3.43. The Morgan fingerprint density at radius 1 is 1.33 bits per heavy atom. The summed E-state index contributed by atoms with van der Waals surface area (Å²) in [5.41, 5.74) is 4.04. The van der Waals surface area contributed by atoms with Gasteiger partial charge in [0.1, 0.15) is 0 Å². The molecule has 1 N–H and O–H groups in total. The monoisotopic (exact) mass is 263 g/mol. The highest BCUT2D eigenvalue weighted by Crippen LogP contribution is 2.14. The molecule has 0 saturated carbocycles. The van der Waals surface area contributed by atoms with E-state index in [2.05, 4.69) is 15.3 Å². The molecule has 2 aromatic rings. The van der Waals surface area contributed by atoms with Crippen molar-refractivity contribution >= 4 is 17.0 Å². The van der Waals surface area contributed by atoms with E-state index in [0.717, 1.165) is 24.3 Å². The number of pyridine rings is 1. The highest BCUT2D eigenvalue weighted by Gasteiger charge is 2.01. The van der Waals surface area contributed by atoms with Crippen LogP contribution in [0.3, 0.4) is 0 Å². The van der Waals surface area contributed by atoms with Crippen LogP contribution in [0.15, 0.2) is 23.8 Å². The number of nitrogens with one attached hydrogen (secondary N) is 1. The molecule has 0 radical (unpaired) electrons. The number of nitrogens with zero attached hydrogens (tertiary/aromatic N) is 2. The van der Waals surface area contributed by atoms with Crippen LogP contribution in [0.1, 0.15) is 17.5 Å². The van der Waals surface area contributed by atoms with Crippen LogP contribution in [0.5, 0.6) is 5.88 Å². The highest BCUT2D eigenvalue weighted by atomic mass is 32.1. The van der Waals surface area contributed by atoms with E-state index in [1.807, 2.05) is 31.5 Å². The van der Waals surface area contributed by atoms with Crippen molar-refractivity contribution in [3.8, 4) is 5.88 Å². The first-order chi connectivity index (χ1) is 8.79. The Morgan fingerprint density at radius 2 is 2.22 bits per heavy atom. The average Bonchev–Trinajstić information content (AvgIpc) is 2.78. The average molecular weight is 263 g/mol. The summed E-state index contributed by atoms with van der Waals surface area (Å²) < 4.78 is 5.29. The lowest BCUT2D eigenvalue weighted by atomic mass is 10.3. The minimum atomic E-state index is 0.643. The number of rotatable bonds is 6. The van der Waals surface area contributed by atoms with E-state index in [0.29, 0.717) is 12.5 Å². The molecule has 5 heteroatoms. The van der Waals surface area contributed by atoms with Crippen molar-refractivity contribution < 1.29 is 4.74 Å². The molecule has 96 valence electrons. The normalized spacial score (nSPS) is 10.3. The van der Waals surface area contributed by atoms with Crippen molar-refractivity contribution in [2.75, 3.05) is 18.5 Å². The largest absolute Gasteiger partial charge is 0.478 e. The van der Waals surface area contributed by atoms with Gasteiger partial charge in [-0.1, -0.05) is 0 Å². The molecule has 0 aliphatic rings. The Morgan fingerprint density at radius 3 is 2.83 bits per heavy atom. The summed E-state index contributed by atoms with van der Waals surface area (Å²) in [5.74, 6) is 0.668. The molecule has 0 unspecified atom stereocenters. The fourth-order valence-electron chi connectivity index (χ4n) is 1.60. The molecule has 0 bridgehead atoms. The summed E-state index contributed by atoms with van der Waals surface area (Å²) in [6.45, 7) is 5.53. The Labute approximate surface area is 111 Å². The van der Waals surface area contributed by atoms with Gasteiger partial charge in [-0.3, -0.25) is 0 Å². The SMILES string of the molecule is CCOc1ccc(NCCc2scnc2C)cn1. The van der Waals surface area contributed by atoms with Crippen molar-refractivity contribution in [1.82, 2.24) is 9.97 Å². The van der Waals surface area contributed by atoms with Gasteiger partial charge in [0.05, 0.1) is 29.7 Å². The van der Waals surface area contributed by atoms with Crippen LogP contribution < -0.4 is 10.1 Å². The second-order valence-corrected chi connectivity index (χ2v) is 4.80.